The van der Waals surface area contributed by atoms with Crippen molar-refractivity contribution in [2.75, 3.05) is 43.9 Å². The van der Waals surface area contributed by atoms with Gasteiger partial charge >= 0.3 is 6.03 Å². The molecule has 37 heavy (non-hydrogen) atoms. The second-order valence-electron chi connectivity index (χ2n) is 8.17. The van der Waals surface area contributed by atoms with E-state index in [1.165, 1.54) is 7.11 Å². The fourth-order valence-electron chi connectivity index (χ4n) is 3.71. The molecule has 3 aromatic carbocycles. The van der Waals surface area contributed by atoms with Gasteiger partial charge < -0.3 is 35.4 Å². The highest BCUT2D eigenvalue weighted by atomic mass is 16.5. The van der Waals surface area contributed by atoms with Crippen molar-refractivity contribution in [2.45, 2.75) is 20.5 Å². The van der Waals surface area contributed by atoms with Crippen molar-refractivity contribution in [3.8, 4) is 17.2 Å². The lowest BCUT2D eigenvalue weighted by atomic mass is 10.1. The summed E-state index contributed by atoms with van der Waals surface area (Å²) in [7, 11) is 1.47. The molecule has 0 atom stereocenters. The number of para-hydroxylation sites is 1. The van der Waals surface area contributed by atoms with Crippen LogP contribution in [0.4, 0.5) is 16.2 Å². The fraction of sp³-hybridized carbons (Fsp3) is 0.286. The van der Waals surface area contributed by atoms with Crippen molar-refractivity contribution in [3.05, 3.63) is 77.9 Å². The van der Waals surface area contributed by atoms with Gasteiger partial charge in [0.05, 0.1) is 19.3 Å². The Hall–Kier alpha value is -4.08. The molecule has 0 spiro atoms. The van der Waals surface area contributed by atoms with E-state index in [1.54, 1.807) is 36.4 Å². The van der Waals surface area contributed by atoms with Crippen LogP contribution in [0.15, 0.2) is 66.7 Å². The number of rotatable bonds is 12. The van der Waals surface area contributed by atoms with E-state index in [9.17, 15) is 14.7 Å². The number of amides is 3. The molecule has 0 aliphatic heterocycles. The first kappa shape index (κ1) is 27.5. The van der Waals surface area contributed by atoms with E-state index in [0.717, 1.165) is 19.6 Å². The third kappa shape index (κ3) is 7.96. The van der Waals surface area contributed by atoms with Crippen LogP contribution in [-0.2, 0) is 6.61 Å². The summed E-state index contributed by atoms with van der Waals surface area (Å²) in [6, 6.07) is 18.6. The minimum atomic E-state index is -0.487. The number of likely N-dealkylation sites (N-methyl/N-ethyl adjacent to an activating group) is 1. The van der Waals surface area contributed by atoms with Crippen LogP contribution < -0.4 is 25.4 Å². The SMILES string of the molecule is CCN(CC)CCNC(=O)c1ccc(NC(=O)Nc2ccc(Oc3ccccc3)c(CO)c2)cc1OC. The molecular formula is C28H34N4O5. The summed E-state index contributed by atoms with van der Waals surface area (Å²) in [4.78, 5) is 27.4. The highest BCUT2D eigenvalue weighted by molar-refractivity contribution is 6.01. The van der Waals surface area contributed by atoms with E-state index in [4.69, 9.17) is 9.47 Å². The van der Waals surface area contributed by atoms with Crippen LogP contribution in [-0.4, -0.2) is 55.2 Å². The predicted octanol–water partition coefficient (Wildman–Crippen LogP) is 4.70. The molecular weight excluding hydrogens is 472 g/mol. The predicted molar refractivity (Wildman–Crippen MR) is 145 cm³/mol. The lowest BCUT2D eigenvalue weighted by molar-refractivity contribution is 0.0946. The Morgan fingerprint density at radius 2 is 1.57 bits per heavy atom. The van der Waals surface area contributed by atoms with E-state index in [-0.39, 0.29) is 12.5 Å². The van der Waals surface area contributed by atoms with Crippen LogP contribution in [0.25, 0.3) is 0 Å². The standard InChI is InChI=1S/C28H34N4O5/c1-4-32(5-2)16-15-29-27(34)24-13-11-22(18-26(24)36-3)31-28(35)30-21-12-14-25(20(17-21)19-33)37-23-9-7-6-8-10-23/h6-14,17-18,33H,4-5,15-16,19H2,1-3H3,(H,29,34)(H2,30,31,35). The Balaban J connectivity index is 1.61. The first-order valence-corrected chi connectivity index (χ1v) is 12.2. The Morgan fingerprint density at radius 1 is 0.892 bits per heavy atom. The first-order chi connectivity index (χ1) is 18.0. The summed E-state index contributed by atoms with van der Waals surface area (Å²) in [6.45, 7) is 7.04. The molecule has 4 N–H and O–H groups in total. The molecule has 3 rings (SSSR count). The van der Waals surface area contributed by atoms with Crippen molar-refractivity contribution in [1.29, 1.82) is 0 Å². The Kier molecular flexibility index (Phi) is 10.3. The van der Waals surface area contributed by atoms with E-state index < -0.39 is 6.03 Å². The number of hydrogen-bond acceptors (Lipinski definition) is 6. The maximum absolute atomic E-state index is 12.6. The van der Waals surface area contributed by atoms with E-state index in [2.05, 4.69) is 34.7 Å². The van der Waals surface area contributed by atoms with Crippen LogP contribution in [0, 0.1) is 0 Å². The van der Waals surface area contributed by atoms with Gasteiger partial charge in [-0.3, -0.25) is 4.79 Å². The van der Waals surface area contributed by atoms with Gasteiger partial charge in [0.25, 0.3) is 5.91 Å². The maximum atomic E-state index is 12.6. The van der Waals surface area contributed by atoms with Gasteiger partial charge in [-0.25, -0.2) is 4.79 Å². The highest BCUT2D eigenvalue weighted by Crippen LogP contribution is 2.28. The minimum Gasteiger partial charge on any atom is -0.496 e. The van der Waals surface area contributed by atoms with E-state index in [1.807, 2.05) is 30.3 Å². The van der Waals surface area contributed by atoms with Crippen LogP contribution in [0.3, 0.4) is 0 Å². The monoisotopic (exact) mass is 506 g/mol. The van der Waals surface area contributed by atoms with Crippen molar-refractivity contribution >= 4 is 23.3 Å². The van der Waals surface area contributed by atoms with Gasteiger partial charge in [0, 0.05) is 36.1 Å². The first-order valence-electron chi connectivity index (χ1n) is 12.2. The van der Waals surface area contributed by atoms with Crippen LogP contribution in [0.1, 0.15) is 29.8 Å². The molecule has 0 heterocycles. The summed E-state index contributed by atoms with van der Waals surface area (Å²) in [6.07, 6.45) is 0. The number of aliphatic hydroxyl groups excluding tert-OH is 1. The number of ether oxygens (including phenoxy) is 2. The largest absolute Gasteiger partial charge is 0.496 e. The minimum absolute atomic E-state index is 0.241. The number of anilines is 2. The number of nitrogens with zero attached hydrogens (tertiary/aromatic N) is 1. The summed E-state index contributed by atoms with van der Waals surface area (Å²) in [5, 5.41) is 18.1. The maximum Gasteiger partial charge on any atom is 0.323 e. The lowest BCUT2D eigenvalue weighted by Crippen LogP contribution is -2.34. The number of carbonyl (C=O) groups is 2. The molecule has 0 saturated heterocycles. The molecule has 0 radical (unpaired) electrons. The van der Waals surface area contributed by atoms with Gasteiger partial charge in [0.15, 0.2) is 0 Å². The number of hydrogen-bond donors (Lipinski definition) is 4. The lowest BCUT2D eigenvalue weighted by Gasteiger charge is -2.18. The van der Waals surface area contributed by atoms with Crippen molar-refractivity contribution < 1.29 is 24.2 Å². The Morgan fingerprint density at radius 3 is 2.22 bits per heavy atom. The van der Waals surface area contributed by atoms with Crippen LogP contribution in [0.2, 0.25) is 0 Å². The number of urea groups is 1. The van der Waals surface area contributed by atoms with Crippen LogP contribution in [0.5, 0.6) is 17.2 Å². The molecule has 9 heteroatoms. The zero-order valence-corrected chi connectivity index (χ0v) is 21.4. The smallest absolute Gasteiger partial charge is 0.323 e. The highest BCUT2D eigenvalue weighted by Gasteiger charge is 2.14. The Bertz CT molecular complexity index is 1180. The van der Waals surface area contributed by atoms with Gasteiger partial charge in [-0.15, -0.1) is 0 Å². The van der Waals surface area contributed by atoms with Gasteiger partial charge in [0.2, 0.25) is 0 Å². The number of nitrogens with one attached hydrogen (secondary N) is 3. The second kappa shape index (κ2) is 13.9. The number of benzene rings is 3. The van der Waals surface area contributed by atoms with E-state index in [0.29, 0.717) is 46.3 Å². The molecule has 0 saturated carbocycles. The number of methoxy groups -OCH3 is 1. The molecule has 0 bridgehead atoms. The van der Waals surface area contributed by atoms with E-state index >= 15 is 0 Å². The summed E-state index contributed by atoms with van der Waals surface area (Å²) >= 11 is 0. The van der Waals surface area contributed by atoms with Gasteiger partial charge in [0.1, 0.15) is 17.2 Å². The molecule has 0 aliphatic rings. The topological polar surface area (TPSA) is 112 Å². The van der Waals surface area contributed by atoms with Gasteiger partial charge in [-0.2, -0.15) is 0 Å². The van der Waals surface area contributed by atoms with Gasteiger partial charge in [-0.05, 0) is 55.6 Å². The quantitative estimate of drug-likeness (QED) is 0.283. The molecule has 0 fully saturated rings. The van der Waals surface area contributed by atoms with Crippen molar-refractivity contribution in [1.82, 2.24) is 10.2 Å². The van der Waals surface area contributed by atoms with Crippen molar-refractivity contribution in [2.24, 2.45) is 0 Å². The Labute approximate surface area is 217 Å². The average Bonchev–Trinajstić information content (AvgIpc) is 2.92. The normalized spacial score (nSPS) is 10.6. The summed E-state index contributed by atoms with van der Waals surface area (Å²) in [5.74, 6) is 1.25. The number of carbonyl (C=O) groups excluding carboxylic acids is 2. The molecule has 0 aliphatic carbocycles. The van der Waals surface area contributed by atoms with Crippen molar-refractivity contribution in [3.63, 3.8) is 0 Å². The number of aliphatic hydroxyl groups is 1. The molecule has 0 aromatic heterocycles. The van der Waals surface area contributed by atoms with Crippen LogP contribution >= 0.6 is 0 Å². The molecule has 0 unspecified atom stereocenters. The second-order valence-corrected chi connectivity index (χ2v) is 8.17. The molecule has 3 aromatic rings. The zero-order valence-electron chi connectivity index (χ0n) is 21.4. The fourth-order valence-corrected chi connectivity index (χ4v) is 3.71. The third-order valence-electron chi connectivity index (χ3n) is 5.77. The average molecular weight is 507 g/mol. The third-order valence-corrected chi connectivity index (χ3v) is 5.77. The summed E-state index contributed by atoms with van der Waals surface area (Å²) in [5.41, 5.74) is 1.85. The molecule has 3 amide bonds. The zero-order chi connectivity index (χ0) is 26.6. The van der Waals surface area contributed by atoms with Gasteiger partial charge in [-0.1, -0.05) is 32.0 Å². The molecule has 9 nitrogen and oxygen atoms in total. The summed E-state index contributed by atoms with van der Waals surface area (Å²) < 4.78 is 11.2. The molecule has 196 valence electrons.